The number of ether oxygens (including phenoxy) is 1. The van der Waals surface area contributed by atoms with Crippen LogP contribution in [0.15, 0.2) is 18.3 Å². The molecule has 1 aliphatic heterocycles. The highest BCUT2D eigenvalue weighted by Gasteiger charge is 2.33. The van der Waals surface area contributed by atoms with Crippen LogP contribution >= 0.6 is 0 Å². The largest absolute Gasteiger partial charge is 0.472 e. The molecule has 0 bridgehead atoms. The summed E-state index contributed by atoms with van der Waals surface area (Å²) in [6.45, 7) is 1.01. The van der Waals surface area contributed by atoms with E-state index < -0.39 is 11.7 Å². The number of halogens is 3. The van der Waals surface area contributed by atoms with E-state index in [2.05, 4.69) is 4.98 Å². The minimum Gasteiger partial charge on any atom is -0.472 e. The summed E-state index contributed by atoms with van der Waals surface area (Å²) in [5, 5.41) is 0. The molecule has 0 radical (unpaired) electrons. The van der Waals surface area contributed by atoms with E-state index in [0.29, 0.717) is 31.8 Å². The van der Waals surface area contributed by atoms with Crippen molar-refractivity contribution in [2.45, 2.75) is 38.0 Å². The van der Waals surface area contributed by atoms with Crippen LogP contribution in [0.1, 0.15) is 31.2 Å². The van der Waals surface area contributed by atoms with E-state index in [-0.39, 0.29) is 17.9 Å². The van der Waals surface area contributed by atoms with Gasteiger partial charge in [-0.15, -0.1) is 0 Å². The van der Waals surface area contributed by atoms with Crippen molar-refractivity contribution in [3.8, 4) is 5.88 Å². The lowest BCUT2D eigenvalue weighted by Crippen LogP contribution is -2.31. The number of aromatic nitrogens is 1. The Balaban J connectivity index is 1.56. The lowest BCUT2D eigenvalue weighted by Gasteiger charge is -2.17. The van der Waals surface area contributed by atoms with Crippen LogP contribution in [0.3, 0.4) is 0 Å². The molecule has 1 aromatic heterocycles. The van der Waals surface area contributed by atoms with Gasteiger partial charge in [-0.1, -0.05) is 0 Å². The molecule has 3 rings (SSSR count). The third kappa shape index (κ3) is 3.69. The van der Waals surface area contributed by atoms with Gasteiger partial charge in [-0.25, -0.2) is 4.98 Å². The fourth-order valence-electron chi connectivity index (χ4n) is 2.57. The number of carbonyl (C=O) groups is 1. The van der Waals surface area contributed by atoms with Crippen LogP contribution in [-0.2, 0) is 11.0 Å². The van der Waals surface area contributed by atoms with Crippen LogP contribution in [0.25, 0.3) is 0 Å². The van der Waals surface area contributed by atoms with Gasteiger partial charge in [0.25, 0.3) is 0 Å². The number of hydrogen-bond acceptors (Lipinski definition) is 3. The van der Waals surface area contributed by atoms with Gasteiger partial charge in [-0.2, -0.15) is 13.2 Å². The number of pyridine rings is 1. The van der Waals surface area contributed by atoms with Crippen molar-refractivity contribution >= 4 is 5.91 Å². The van der Waals surface area contributed by atoms with Gasteiger partial charge in [0, 0.05) is 31.6 Å². The van der Waals surface area contributed by atoms with Crippen molar-refractivity contribution in [2.24, 2.45) is 5.92 Å². The van der Waals surface area contributed by atoms with Crippen LogP contribution < -0.4 is 4.74 Å². The SMILES string of the molecule is O=C(CC1CC1)N1CCC(Oc2cc(C(F)(F)F)ccn2)C1. The first-order chi connectivity index (χ1) is 10.4. The number of carbonyl (C=O) groups excluding carboxylic acids is 1. The van der Waals surface area contributed by atoms with E-state index in [0.717, 1.165) is 31.2 Å². The summed E-state index contributed by atoms with van der Waals surface area (Å²) < 4.78 is 43.4. The Bertz CT molecular complexity index is 558. The molecular formula is C15H17F3N2O2. The fraction of sp³-hybridized carbons (Fsp3) is 0.600. The minimum atomic E-state index is -4.41. The predicted octanol–water partition coefficient (Wildman–Crippen LogP) is 2.88. The Morgan fingerprint density at radius 3 is 2.82 bits per heavy atom. The molecule has 0 spiro atoms. The van der Waals surface area contributed by atoms with Crippen LogP contribution in [0, 0.1) is 5.92 Å². The lowest BCUT2D eigenvalue weighted by atomic mass is 10.2. The second kappa shape index (κ2) is 5.78. The maximum absolute atomic E-state index is 12.6. The standard InChI is InChI=1S/C15H17F3N2O2/c16-15(17,18)11-3-5-19-13(8-11)22-12-4-6-20(9-12)14(21)7-10-1-2-10/h3,5,8,10,12H,1-2,4,6-7,9H2. The Hall–Kier alpha value is -1.79. The fourth-order valence-corrected chi connectivity index (χ4v) is 2.57. The first-order valence-electron chi connectivity index (χ1n) is 7.39. The van der Waals surface area contributed by atoms with Crippen molar-refractivity contribution in [3.63, 3.8) is 0 Å². The third-order valence-electron chi connectivity index (χ3n) is 4.01. The van der Waals surface area contributed by atoms with Crippen molar-refractivity contribution in [1.82, 2.24) is 9.88 Å². The number of rotatable bonds is 4. The molecule has 1 atom stereocenters. The number of hydrogen-bond donors (Lipinski definition) is 0. The Morgan fingerprint density at radius 1 is 1.36 bits per heavy atom. The van der Waals surface area contributed by atoms with Gasteiger partial charge in [0.15, 0.2) is 0 Å². The van der Waals surface area contributed by atoms with Crippen LogP contribution in [0.4, 0.5) is 13.2 Å². The molecule has 2 fully saturated rings. The summed E-state index contributed by atoms with van der Waals surface area (Å²) in [5.74, 6) is 0.597. The molecule has 22 heavy (non-hydrogen) atoms. The summed E-state index contributed by atoms with van der Waals surface area (Å²) >= 11 is 0. The number of likely N-dealkylation sites (tertiary alicyclic amines) is 1. The van der Waals surface area contributed by atoms with Gasteiger partial charge >= 0.3 is 6.18 Å². The first-order valence-corrected chi connectivity index (χ1v) is 7.39. The van der Waals surface area contributed by atoms with Gasteiger partial charge in [0.2, 0.25) is 11.8 Å². The number of amides is 1. The predicted molar refractivity (Wildman–Crippen MR) is 72.2 cm³/mol. The molecule has 0 aromatic carbocycles. The van der Waals surface area contributed by atoms with E-state index >= 15 is 0 Å². The van der Waals surface area contributed by atoms with Gasteiger partial charge < -0.3 is 9.64 Å². The Kier molecular flexibility index (Phi) is 3.97. The van der Waals surface area contributed by atoms with E-state index in [1.165, 1.54) is 0 Å². The summed E-state index contributed by atoms with van der Waals surface area (Å²) in [5.41, 5.74) is -0.780. The van der Waals surface area contributed by atoms with Gasteiger partial charge in [-0.05, 0) is 24.8 Å². The third-order valence-corrected chi connectivity index (χ3v) is 4.01. The molecular weight excluding hydrogens is 297 g/mol. The van der Waals surface area contributed by atoms with Crippen molar-refractivity contribution in [1.29, 1.82) is 0 Å². The van der Waals surface area contributed by atoms with Crippen LogP contribution in [-0.4, -0.2) is 35.0 Å². The van der Waals surface area contributed by atoms with E-state index in [4.69, 9.17) is 4.74 Å². The molecule has 4 nitrogen and oxygen atoms in total. The molecule has 1 saturated heterocycles. The Morgan fingerprint density at radius 2 is 2.14 bits per heavy atom. The molecule has 2 heterocycles. The van der Waals surface area contributed by atoms with E-state index in [1.807, 2.05) is 0 Å². The van der Waals surface area contributed by atoms with Crippen molar-refractivity contribution in [3.05, 3.63) is 23.9 Å². The van der Waals surface area contributed by atoms with Crippen molar-refractivity contribution in [2.75, 3.05) is 13.1 Å². The highest BCUT2D eigenvalue weighted by Crippen LogP contribution is 2.34. The summed E-state index contributed by atoms with van der Waals surface area (Å²) in [6, 6.07) is 1.81. The van der Waals surface area contributed by atoms with Crippen LogP contribution in [0.2, 0.25) is 0 Å². The molecule has 120 valence electrons. The second-order valence-corrected chi connectivity index (χ2v) is 5.90. The zero-order chi connectivity index (χ0) is 15.7. The monoisotopic (exact) mass is 314 g/mol. The summed E-state index contributed by atoms with van der Waals surface area (Å²) in [7, 11) is 0. The second-order valence-electron chi connectivity index (χ2n) is 5.90. The average molecular weight is 314 g/mol. The van der Waals surface area contributed by atoms with Gasteiger partial charge in [0.05, 0.1) is 12.1 Å². The smallest absolute Gasteiger partial charge is 0.416 e. The molecule has 1 amide bonds. The van der Waals surface area contributed by atoms with Gasteiger partial charge in [0.1, 0.15) is 6.10 Å². The topological polar surface area (TPSA) is 42.4 Å². The van der Waals surface area contributed by atoms with E-state index in [9.17, 15) is 18.0 Å². The Labute approximate surface area is 126 Å². The van der Waals surface area contributed by atoms with Crippen LogP contribution in [0.5, 0.6) is 5.88 Å². The highest BCUT2D eigenvalue weighted by molar-refractivity contribution is 5.77. The maximum atomic E-state index is 12.6. The average Bonchev–Trinajstić information content (AvgIpc) is 3.14. The molecule has 7 heteroatoms. The normalized spacial score (nSPS) is 22.0. The minimum absolute atomic E-state index is 0.0451. The molecule has 1 saturated carbocycles. The first kappa shape index (κ1) is 15.1. The van der Waals surface area contributed by atoms with E-state index in [1.54, 1.807) is 4.90 Å². The summed E-state index contributed by atoms with van der Waals surface area (Å²) in [6.07, 6.45) is -0.185. The number of alkyl halides is 3. The quantitative estimate of drug-likeness (QED) is 0.858. The van der Waals surface area contributed by atoms with Gasteiger partial charge in [-0.3, -0.25) is 4.79 Å². The molecule has 0 N–H and O–H groups in total. The zero-order valence-corrected chi connectivity index (χ0v) is 12.0. The molecule has 1 unspecified atom stereocenters. The number of nitrogens with zero attached hydrogens (tertiary/aromatic N) is 2. The lowest BCUT2D eigenvalue weighted by molar-refractivity contribution is -0.137. The highest BCUT2D eigenvalue weighted by atomic mass is 19.4. The summed E-state index contributed by atoms with van der Waals surface area (Å²) in [4.78, 5) is 17.5. The van der Waals surface area contributed by atoms with Crippen molar-refractivity contribution < 1.29 is 22.7 Å². The zero-order valence-electron chi connectivity index (χ0n) is 12.0. The maximum Gasteiger partial charge on any atom is 0.416 e. The molecule has 2 aliphatic rings. The molecule has 1 aromatic rings. The molecule has 1 aliphatic carbocycles.